The van der Waals surface area contributed by atoms with Crippen LogP contribution in [0.25, 0.3) is 0 Å². The van der Waals surface area contributed by atoms with Crippen LogP contribution < -0.4 is 19.7 Å². The van der Waals surface area contributed by atoms with E-state index in [-0.39, 0.29) is 0 Å². The zero-order valence-electron chi connectivity index (χ0n) is 16.6. The topological polar surface area (TPSA) is 48.7 Å². The predicted octanol–water partition coefficient (Wildman–Crippen LogP) is 1.30. The predicted molar refractivity (Wildman–Crippen MR) is 110 cm³/mol. The molecule has 3 N–H and O–H groups in total. The first-order valence-electron chi connectivity index (χ1n) is 10.0. The SMILES string of the molecule is COc1cc(C[NH2+]CCC[NH+]2CCOCC2)cc(Cl)c1OCc1ccccc1. The summed E-state index contributed by atoms with van der Waals surface area (Å²) in [4.78, 5) is 1.66. The molecule has 1 aliphatic heterocycles. The maximum atomic E-state index is 6.49. The van der Waals surface area contributed by atoms with E-state index < -0.39 is 0 Å². The average Bonchev–Trinajstić information content (AvgIpc) is 2.74. The molecule has 0 radical (unpaired) electrons. The molecule has 1 fully saturated rings. The number of hydrogen-bond donors (Lipinski definition) is 2. The fraction of sp³-hybridized carbons (Fsp3) is 0.455. The second-order valence-electron chi connectivity index (χ2n) is 7.13. The summed E-state index contributed by atoms with van der Waals surface area (Å²) in [6, 6.07) is 14.0. The second kappa shape index (κ2) is 11.3. The molecule has 0 spiro atoms. The highest BCUT2D eigenvalue weighted by Crippen LogP contribution is 2.36. The molecule has 6 heteroatoms. The Morgan fingerprint density at radius 2 is 1.89 bits per heavy atom. The Balaban J connectivity index is 1.47. The number of nitrogens with one attached hydrogen (secondary N) is 1. The lowest BCUT2D eigenvalue weighted by Gasteiger charge is -2.23. The molecule has 0 unspecified atom stereocenters. The fourth-order valence-electron chi connectivity index (χ4n) is 3.44. The molecule has 0 bridgehead atoms. The first kappa shape index (κ1) is 20.9. The lowest BCUT2D eigenvalue weighted by molar-refractivity contribution is -0.909. The van der Waals surface area contributed by atoms with Crippen molar-refractivity contribution in [3.05, 3.63) is 58.6 Å². The lowest BCUT2D eigenvalue weighted by Crippen LogP contribution is -3.14. The highest BCUT2D eigenvalue weighted by molar-refractivity contribution is 6.32. The third-order valence-corrected chi connectivity index (χ3v) is 5.31. The highest BCUT2D eigenvalue weighted by atomic mass is 35.5. The molecular formula is C22H31ClN2O3+2. The Hall–Kier alpha value is -1.79. The monoisotopic (exact) mass is 406 g/mol. The molecule has 28 heavy (non-hydrogen) atoms. The number of quaternary nitrogens is 2. The Bertz CT molecular complexity index is 721. The van der Waals surface area contributed by atoms with Crippen molar-refractivity contribution in [1.82, 2.24) is 0 Å². The minimum absolute atomic E-state index is 0.465. The van der Waals surface area contributed by atoms with Crippen LogP contribution >= 0.6 is 11.6 Å². The number of hydrogen-bond acceptors (Lipinski definition) is 3. The van der Waals surface area contributed by atoms with E-state index in [1.54, 1.807) is 12.0 Å². The van der Waals surface area contributed by atoms with Crippen LogP contribution in [0.2, 0.25) is 5.02 Å². The van der Waals surface area contributed by atoms with Crippen molar-refractivity contribution in [2.75, 3.05) is 46.5 Å². The molecule has 0 aromatic heterocycles. The normalized spacial score (nSPS) is 14.8. The van der Waals surface area contributed by atoms with Gasteiger partial charge in [-0.3, -0.25) is 0 Å². The van der Waals surface area contributed by atoms with Crippen LogP contribution in [0, 0.1) is 0 Å². The minimum atomic E-state index is 0.465. The second-order valence-corrected chi connectivity index (χ2v) is 7.54. The van der Waals surface area contributed by atoms with Gasteiger partial charge in [-0.15, -0.1) is 0 Å². The summed E-state index contributed by atoms with van der Waals surface area (Å²) < 4.78 is 16.9. The number of nitrogens with two attached hydrogens (primary N) is 1. The van der Waals surface area contributed by atoms with Crippen LogP contribution in [0.1, 0.15) is 17.5 Å². The van der Waals surface area contributed by atoms with Gasteiger partial charge >= 0.3 is 0 Å². The Kier molecular flexibility index (Phi) is 8.42. The van der Waals surface area contributed by atoms with Gasteiger partial charge in [0.25, 0.3) is 0 Å². The van der Waals surface area contributed by atoms with Crippen molar-refractivity contribution in [3.63, 3.8) is 0 Å². The Morgan fingerprint density at radius 3 is 2.64 bits per heavy atom. The van der Waals surface area contributed by atoms with Crippen molar-refractivity contribution in [2.45, 2.75) is 19.6 Å². The van der Waals surface area contributed by atoms with Gasteiger partial charge in [0.05, 0.1) is 38.4 Å². The molecule has 2 aromatic carbocycles. The molecule has 3 rings (SSSR count). The number of benzene rings is 2. The van der Waals surface area contributed by atoms with Gasteiger partial charge in [0.2, 0.25) is 0 Å². The molecule has 0 atom stereocenters. The van der Waals surface area contributed by atoms with Crippen molar-refractivity contribution < 1.29 is 24.4 Å². The smallest absolute Gasteiger partial charge is 0.180 e. The summed E-state index contributed by atoms with van der Waals surface area (Å²) in [6.45, 7) is 7.74. The van der Waals surface area contributed by atoms with Gasteiger partial charge in [0.1, 0.15) is 26.2 Å². The van der Waals surface area contributed by atoms with Gasteiger partial charge in [-0.2, -0.15) is 0 Å². The van der Waals surface area contributed by atoms with Crippen molar-refractivity contribution in [2.24, 2.45) is 0 Å². The molecule has 1 aliphatic rings. The van der Waals surface area contributed by atoms with Crippen LogP contribution in [0.4, 0.5) is 0 Å². The number of rotatable bonds is 10. The standard InChI is InChI=1S/C22H29ClN2O3/c1-26-21-15-19(16-24-8-5-9-25-10-12-27-13-11-25)14-20(23)22(21)28-17-18-6-3-2-4-7-18/h2-4,6-7,14-15,24H,5,8-13,16-17H2,1H3/p+2. The molecule has 0 amide bonds. The van der Waals surface area contributed by atoms with Crippen molar-refractivity contribution in [1.29, 1.82) is 0 Å². The zero-order chi connectivity index (χ0) is 19.6. The summed E-state index contributed by atoms with van der Waals surface area (Å²) in [6.07, 6.45) is 1.21. The number of halogens is 1. The van der Waals surface area contributed by atoms with E-state index in [1.807, 2.05) is 42.5 Å². The van der Waals surface area contributed by atoms with Crippen LogP contribution in [0.15, 0.2) is 42.5 Å². The zero-order valence-corrected chi connectivity index (χ0v) is 17.3. The van der Waals surface area contributed by atoms with Gasteiger partial charge in [-0.25, -0.2) is 0 Å². The molecule has 1 heterocycles. The summed E-state index contributed by atoms with van der Waals surface area (Å²) in [5.74, 6) is 1.29. The van der Waals surface area contributed by atoms with Gasteiger partial charge in [-0.1, -0.05) is 41.9 Å². The summed E-state index contributed by atoms with van der Waals surface area (Å²) in [5.41, 5.74) is 2.24. The number of morpholine rings is 1. The van der Waals surface area contributed by atoms with Gasteiger partial charge in [0, 0.05) is 12.0 Å². The molecule has 152 valence electrons. The van der Waals surface area contributed by atoms with E-state index in [0.29, 0.717) is 23.1 Å². The minimum Gasteiger partial charge on any atom is -0.493 e. The molecule has 0 aliphatic carbocycles. The van der Waals surface area contributed by atoms with Crippen LogP contribution in [-0.4, -0.2) is 46.5 Å². The molecule has 5 nitrogen and oxygen atoms in total. The maximum absolute atomic E-state index is 6.49. The van der Waals surface area contributed by atoms with E-state index in [1.165, 1.54) is 13.0 Å². The van der Waals surface area contributed by atoms with Crippen molar-refractivity contribution in [3.8, 4) is 11.5 Å². The molecule has 0 saturated carbocycles. The first-order chi connectivity index (χ1) is 13.8. The number of methoxy groups -OCH3 is 1. The average molecular weight is 407 g/mol. The third kappa shape index (κ3) is 6.38. The van der Waals surface area contributed by atoms with Gasteiger partial charge in [0.15, 0.2) is 11.5 Å². The van der Waals surface area contributed by atoms with E-state index in [4.69, 9.17) is 25.8 Å². The highest BCUT2D eigenvalue weighted by Gasteiger charge is 2.15. The Morgan fingerprint density at radius 1 is 1.11 bits per heavy atom. The Labute approximate surface area is 172 Å². The first-order valence-corrected chi connectivity index (χ1v) is 10.4. The summed E-state index contributed by atoms with van der Waals surface area (Å²) >= 11 is 6.49. The van der Waals surface area contributed by atoms with E-state index in [0.717, 1.165) is 50.5 Å². The lowest BCUT2D eigenvalue weighted by atomic mass is 10.2. The van der Waals surface area contributed by atoms with E-state index >= 15 is 0 Å². The molecular weight excluding hydrogens is 376 g/mol. The molecule has 1 saturated heterocycles. The van der Waals surface area contributed by atoms with Crippen LogP contribution in [-0.2, 0) is 17.9 Å². The number of ether oxygens (including phenoxy) is 3. The van der Waals surface area contributed by atoms with Crippen LogP contribution in [0.3, 0.4) is 0 Å². The van der Waals surface area contributed by atoms with Crippen LogP contribution in [0.5, 0.6) is 11.5 Å². The summed E-state index contributed by atoms with van der Waals surface area (Å²) in [5, 5.41) is 2.92. The summed E-state index contributed by atoms with van der Waals surface area (Å²) in [7, 11) is 1.65. The van der Waals surface area contributed by atoms with Gasteiger partial charge in [-0.05, 0) is 17.7 Å². The van der Waals surface area contributed by atoms with Crippen molar-refractivity contribution >= 4 is 11.6 Å². The fourth-order valence-corrected chi connectivity index (χ4v) is 3.72. The van der Waals surface area contributed by atoms with E-state index in [9.17, 15) is 0 Å². The largest absolute Gasteiger partial charge is 0.493 e. The van der Waals surface area contributed by atoms with E-state index in [2.05, 4.69) is 5.32 Å². The van der Waals surface area contributed by atoms with Gasteiger partial charge < -0.3 is 24.4 Å². The maximum Gasteiger partial charge on any atom is 0.180 e. The quantitative estimate of drug-likeness (QED) is 0.585. The third-order valence-electron chi connectivity index (χ3n) is 5.03. The molecule has 2 aromatic rings.